The number of aromatic nitrogens is 1. The lowest BCUT2D eigenvalue weighted by atomic mass is 9.97. The van der Waals surface area contributed by atoms with E-state index < -0.39 is 0 Å². The van der Waals surface area contributed by atoms with E-state index in [0.717, 1.165) is 38.8 Å². The Morgan fingerprint density at radius 1 is 1.31 bits per heavy atom. The van der Waals surface area contributed by atoms with Crippen molar-refractivity contribution in [2.45, 2.75) is 38.5 Å². The molecule has 0 bridgehead atoms. The normalized spacial score (nSPS) is 15.5. The number of benzene rings is 1. The van der Waals surface area contributed by atoms with E-state index in [0.29, 0.717) is 5.92 Å². The summed E-state index contributed by atoms with van der Waals surface area (Å²) in [5.41, 5.74) is 2.53. The molecule has 1 aliphatic heterocycles. The van der Waals surface area contributed by atoms with E-state index in [-0.39, 0.29) is 12.5 Å². The van der Waals surface area contributed by atoms with Crippen LogP contribution in [0.2, 0.25) is 0 Å². The summed E-state index contributed by atoms with van der Waals surface area (Å²) in [7, 11) is 0. The van der Waals surface area contributed by atoms with Crippen LogP contribution in [0.3, 0.4) is 0 Å². The lowest BCUT2D eigenvalue weighted by molar-refractivity contribution is -0.137. The van der Waals surface area contributed by atoms with Crippen molar-refractivity contribution in [2.75, 3.05) is 19.7 Å². The third kappa shape index (κ3) is 5.14. The molecule has 1 aromatic carbocycles. The predicted octanol–water partition coefficient (Wildman–Crippen LogP) is 3.66. The number of hydrogen-bond donors (Lipinski definition) is 0. The van der Waals surface area contributed by atoms with Gasteiger partial charge in [0.15, 0.2) is 6.61 Å². The highest BCUT2D eigenvalue weighted by Gasteiger charge is 2.25. The van der Waals surface area contributed by atoms with Crippen molar-refractivity contribution in [3.8, 4) is 0 Å². The van der Waals surface area contributed by atoms with Gasteiger partial charge in [-0.2, -0.15) is 0 Å². The van der Waals surface area contributed by atoms with Crippen molar-refractivity contribution in [1.29, 1.82) is 0 Å². The molecule has 1 aromatic heterocycles. The van der Waals surface area contributed by atoms with Crippen molar-refractivity contribution in [2.24, 2.45) is 5.16 Å². The van der Waals surface area contributed by atoms with Crippen LogP contribution in [0.15, 0.2) is 40.9 Å². The molecule has 1 saturated heterocycles. The fourth-order valence-electron chi connectivity index (χ4n) is 3.18. The van der Waals surface area contributed by atoms with Crippen LogP contribution in [0.4, 0.5) is 0 Å². The summed E-state index contributed by atoms with van der Waals surface area (Å²) < 4.78 is 0. The van der Waals surface area contributed by atoms with Crippen molar-refractivity contribution in [3.63, 3.8) is 0 Å². The van der Waals surface area contributed by atoms with E-state index in [2.05, 4.69) is 34.8 Å². The maximum atomic E-state index is 12.1. The lowest BCUT2D eigenvalue weighted by Gasteiger charge is -2.30. The van der Waals surface area contributed by atoms with Gasteiger partial charge in [0.1, 0.15) is 0 Å². The van der Waals surface area contributed by atoms with Crippen molar-refractivity contribution < 1.29 is 9.63 Å². The average molecular weight is 372 g/mol. The minimum atomic E-state index is 0.0109. The van der Waals surface area contributed by atoms with Gasteiger partial charge in [0.05, 0.1) is 10.7 Å². The average Bonchev–Trinajstić information content (AvgIpc) is 3.16. The van der Waals surface area contributed by atoms with Crippen LogP contribution in [0.5, 0.6) is 0 Å². The monoisotopic (exact) mass is 371 g/mol. The Bertz CT molecular complexity index is 722. The molecular weight excluding hydrogens is 346 g/mol. The minimum Gasteiger partial charge on any atom is -0.386 e. The molecule has 2 aromatic rings. The first kappa shape index (κ1) is 18.6. The Morgan fingerprint density at radius 3 is 2.81 bits per heavy atom. The molecule has 0 atom stereocenters. The van der Waals surface area contributed by atoms with Gasteiger partial charge >= 0.3 is 0 Å². The Hall–Kier alpha value is -2.21. The molecule has 0 saturated carbocycles. The van der Waals surface area contributed by atoms with E-state index in [1.54, 1.807) is 18.3 Å². The number of piperidine rings is 1. The Balaban J connectivity index is 1.46. The molecule has 1 amide bonds. The summed E-state index contributed by atoms with van der Waals surface area (Å²) in [6.45, 7) is 3.32. The van der Waals surface area contributed by atoms with Gasteiger partial charge in [0.2, 0.25) is 0 Å². The van der Waals surface area contributed by atoms with Gasteiger partial charge < -0.3 is 9.74 Å². The molecule has 1 aliphatic rings. The number of thiazole rings is 1. The van der Waals surface area contributed by atoms with Gasteiger partial charge in [-0.25, -0.2) is 4.98 Å². The molecule has 0 radical (unpaired) electrons. The molecule has 138 valence electrons. The fourth-order valence-corrected chi connectivity index (χ4v) is 4.20. The van der Waals surface area contributed by atoms with Crippen LogP contribution in [0.25, 0.3) is 0 Å². The van der Waals surface area contributed by atoms with E-state index in [1.165, 1.54) is 22.5 Å². The highest BCUT2D eigenvalue weighted by atomic mass is 32.1. The van der Waals surface area contributed by atoms with Crippen LogP contribution in [0, 0.1) is 0 Å². The zero-order valence-corrected chi connectivity index (χ0v) is 16.0. The Labute approximate surface area is 158 Å². The number of amides is 1. The number of carbonyl (C=O) groups excluding carboxylic acids is 1. The second-order valence-electron chi connectivity index (χ2n) is 6.45. The van der Waals surface area contributed by atoms with Gasteiger partial charge in [-0.05, 0) is 38.2 Å². The topological polar surface area (TPSA) is 54.8 Å². The third-order valence-corrected chi connectivity index (χ3v) is 5.70. The summed E-state index contributed by atoms with van der Waals surface area (Å²) in [6, 6.07) is 10.5. The number of aryl methyl sites for hydroxylation is 2. The SMILES string of the molecule is C/C=N/OCC(=O)N1CCC(c2nc(CCc3ccccc3)cs2)CC1. The largest absolute Gasteiger partial charge is 0.386 e. The first-order chi connectivity index (χ1) is 12.8. The second-order valence-corrected chi connectivity index (χ2v) is 7.34. The predicted molar refractivity (Wildman–Crippen MR) is 105 cm³/mol. The summed E-state index contributed by atoms with van der Waals surface area (Å²) in [5.74, 6) is 0.473. The quantitative estimate of drug-likeness (QED) is 0.551. The van der Waals surface area contributed by atoms with Crippen LogP contribution in [-0.4, -0.2) is 41.7 Å². The molecule has 2 heterocycles. The van der Waals surface area contributed by atoms with E-state index in [4.69, 9.17) is 9.82 Å². The molecule has 3 rings (SSSR count). The van der Waals surface area contributed by atoms with Crippen LogP contribution in [0.1, 0.15) is 41.9 Å². The lowest BCUT2D eigenvalue weighted by Crippen LogP contribution is -2.39. The first-order valence-electron chi connectivity index (χ1n) is 9.12. The van der Waals surface area contributed by atoms with Crippen LogP contribution in [-0.2, 0) is 22.5 Å². The maximum absolute atomic E-state index is 12.1. The summed E-state index contributed by atoms with van der Waals surface area (Å²) in [5, 5.41) is 7.03. The standard InChI is InChI=1S/C20H25N3O2S/c1-2-21-25-14-19(24)23-12-10-17(11-13-23)20-22-18(15-26-20)9-8-16-6-4-3-5-7-16/h2-7,15,17H,8-14H2,1H3/b21-2+. The molecular formula is C20H25N3O2S. The maximum Gasteiger partial charge on any atom is 0.263 e. The highest BCUT2D eigenvalue weighted by Crippen LogP contribution is 2.30. The van der Waals surface area contributed by atoms with Crippen molar-refractivity contribution in [1.82, 2.24) is 9.88 Å². The summed E-state index contributed by atoms with van der Waals surface area (Å²) in [4.78, 5) is 23.7. The molecule has 26 heavy (non-hydrogen) atoms. The second kappa shape index (κ2) is 9.48. The minimum absolute atomic E-state index is 0.0109. The number of hydrogen-bond acceptors (Lipinski definition) is 5. The van der Waals surface area contributed by atoms with Crippen LogP contribution < -0.4 is 0 Å². The van der Waals surface area contributed by atoms with Gasteiger partial charge in [0, 0.05) is 30.6 Å². The van der Waals surface area contributed by atoms with E-state index in [1.807, 2.05) is 11.0 Å². The molecule has 0 N–H and O–H groups in total. The fraction of sp³-hybridized carbons (Fsp3) is 0.450. The molecule has 0 spiro atoms. The summed E-state index contributed by atoms with van der Waals surface area (Å²) >= 11 is 1.76. The first-order valence-corrected chi connectivity index (χ1v) is 10.00. The highest BCUT2D eigenvalue weighted by molar-refractivity contribution is 7.09. The van der Waals surface area contributed by atoms with Crippen molar-refractivity contribution >= 4 is 23.5 Å². The summed E-state index contributed by atoms with van der Waals surface area (Å²) in [6.07, 6.45) is 5.48. The number of carbonyl (C=O) groups is 1. The molecule has 1 fully saturated rings. The van der Waals surface area contributed by atoms with E-state index in [9.17, 15) is 4.79 Å². The zero-order valence-electron chi connectivity index (χ0n) is 15.1. The van der Waals surface area contributed by atoms with Gasteiger partial charge in [-0.15, -0.1) is 11.3 Å². The molecule has 5 nitrogen and oxygen atoms in total. The van der Waals surface area contributed by atoms with Gasteiger partial charge in [-0.1, -0.05) is 35.5 Å². The zero-order chi connectivity index (χ0) is 18.2. The third-order valence-electron chi connectivity index (χ3n) is 4.65. The van der Waals surface area contributed by atoms with Gasteiger partial charge in [-0.3, -0.25) is 4.79 Å². The van der Waals surface area contributed by atoms with Gasteiger partial charge in [0.25, 0.3) is 5.91 Å². The Morgan fingerprint density at radius 2 is 2.08 bits per heavy atom. The molecule has 6 heteroatoms. The molecule has 0 unspecified atom stereocenters. The van der Waals surface area contributed by atoms with E-state index >= 15 is 0 Å². The van der Waals surface area contributed by atoms with Crippen molar-refractivity contribution in [3.05, 3.63) is 52.0 Å². The number of oxime groups is 1. The number of rotatable bonds is 7. The molecule has 0 aliphatic carbocycles. The van der Waals surface area contributed by atoms with Crippen LogP contribution >= 0.6 is 11.3 Å². The Kier molecular flexibility index (Phi) is 6.77. The number of nitrogens with zero attached hydrogens (tertiary/aromatic N) is 3. The number of likely N-dealkylation sites (tertiary alicyclic amines) is 1. The smallest absolute Gasteiger partial charge is 0.263 e.